The molecule has 0 heterocycles. The zero-order chi connectivity index (χ0) is 13.4. The summed E-state index contributed by atoms with van der Waals surface area (Å²) in [5.74, 6) is -5.32. The van der Waals surface area contributed by atoms with Gasteiger partial charge in [0.15, 0.2) is 23.1 Å². The monoisotopic (exact) mass is 246 g/mol. The second kappa shape index (κ2) is 3.92. The predicted molar refractivity (Wildman–Crippen MR) is 57.6 cm³/mol. The highest BCUT2D eigenvalue weighted by Gasteiger charge is 2.33. The first kappa shape index (κ1) is 11.7. The minimum absolute atomic E-state index is 0.650. The van der Waals surface area contributed by atoms with Gasteiger partial charge in [0.25, 0.3) is 0 Å². The summed E-state index contributed by atoms with van der Waals surface area (Å²) in [7, 11) is 0. The number of hydrogen-bond acceptors (Lipinski definition) is 6. The molecule has 0 aromatic carbocycles. The summed E-state index contributed by atoms with van der Waals surface area (Å²) in [5.41, 5.74) is -1.30. The average Bonchev–Trinajstić information content (AvgIpc) is 2.33. The molecule has 0 aromatic rings. The lowest BCUT2D eigenvalue weighted by atomic mass is 9.88. The van der Waals surface area contributed by atoms with Crippen molar-refractivity contribution in [1.29, 1.82) is 0 Å². The fourth-order valence-corrected chi connectivity index (χ4v) is 1.59. The van der Waals surface area contributed by atoms with Gasteiger partial charge >= 0.3 is 0 Å². The quantitative estimate of drug-likeness (QED) is 0.631. The van der Waals surface area contributed by atoms with Gasteiger partial charge in [-0.1, -0.05) is 0 Å². The Balaban J connectivity index is 2.68. The van der Waals surface area contributed by atoms with Crippen molar-refractivity contribution in [2.24, 2.45) is 0 Å². The van der Waals surface area contributed by atoms with Crippen LogP contribution in [0.2, 0.25) is 0 Å². The molecule has 0 saturated heterocycles. The summed E-state index contributed by atoms with van der Waals surface area (Å²) >= 11 is 0. The summed E-state index contributed by atoms with van der Waals surface area (Å²) in [4.78, 5) is 45.6. The fourth-order valence-electron chi connectivity index (χ4n) is 1.59. The Kier molecular flexibility index (Phi) is 2.55. The SMILES string of the molecule is O=C1C=CC(=O)C(C2=C(O)C(=O)C=CC2=O)=C1O. The number of aliphatic hydroxyl groups excluding tert-OH is 2. The van der Waals surface area contributed by atoms with E-state index in [4.69, 9.17) is 0 Å². The van der Waals surface area contributed by atoms with E-state index >= 15 is 0 Å². The molecule has 6 nitrogen and oxygen atoms in total. The zero-order valence-corrected chi connectivity index (χ0v) is 8.84. The third-order valence-electron chi connectivity index (χ3n) is 2.46. The maximum atomic E-state index is 11.6. The van der Waals surface area contributed by atoms with Gasteiger partial charge < -0.3 is 10.2 Å². The van der Waals surface area contributed by atoms with Crippen LogP contribution in [0.15, 0.2) is 47.0 Å². The van der Waals surface area contributed by atoms with Gasteiger partial charge in [-0.15, -0.1) is 0 Å². The van der Waals surface area contributed by atoms with Crippen LogP contribution in [0.3, 0.4) is 0 Å². The number of ketones is 4. The molecule has 2 aliphatic rings. The van der Waals surface area contributed by atoms with E-state index < -0.39 is 45.8 Å². The molecule has 0 aromatic heterocycles. The molecule has 0 radical (unpaired) electrons. The largest absolute Gasteiger partial charge is 0.504 e. The molecule has 0 saturated carbocycles. The minimum atomic E-state index is -0.958. The molecule has 0 atom stereocenters. The van der Waals surface area contributed by atoms with Gasteiger partial charge in [0, 0.05) is 0 Å². The van der Waals surface area contributed by atoms with Gasteiger partial charge in [-0.3, -0.25) is 19.2 Å². The van der Waals surface area contributed by atoms with Crippen LogP contribution in [0.25, 0.3) is 0 Å². The molecule has 18 heavy (non-hydrogen) atoms. The fraction of sp³-hybridized carbons (Fsp3) is 0. The first-order valence-corrected chi connectivity index (χ1v) is 4.84. The summed E-state index contributed by atoms with van der Waals surface area (Å²) < 4.78 is 0. The maximum Gasteiger partial charge on any atom is 0.221 e. The van der Waals surface area contributed by atoms with Crippen molar-refractivity contribution in [3.05, 3.63) is 47.0 Å². The Morgan fingerprint density at radius 1 is 0.556 bits per heavy atom. The Hall–Kier alpha value is -2.76. The highest BCUT2D eigenvalue weighted by atomic mass is 16.3. The van der Waals surface area contributed by atoms with E-state index in [2.05, 4.69) is 0 Å². The smallest absolute Gasteiger partial charge is 0.221 e. The summed E-state index contributed by atoms with van der Waals surface area (Å²) in [6.07, 6.45) is 3.38. The molecule has 0 fully saturated rings. The second-order valence-electron chi connectivity index (χ2n) is 3.57. The first-order chi connectivity index (χ1) is 8.43. The Labute approximate surface area is 100 Å². The van der Waals surface area contributed by atoms with Crippen molar-refractivity contribution in [2.75, 3.05) is 0 Å². The molecule has 2 aliphatic carbocycles. The van der Waals surface area contributed by atoms with Crippen molar-refractivity contribution >= 4 is 23.1 Å². The molecule has 0 bridgehead atoms. The maximum absolute atomic E-state index is 11.6. The Bertz CT molecular complexity index is 571. The van der Waals surface area contributed by atoms with Gasteiger partial charge in [0.1, 0.15) is 0 Å². The Morgan fingerprint density at radius 2 is 0.833 bits per heavy atom. The molecule has 6 heteroatoms. The molecular formula is C12H6O6. The van der Waals surface area contributed by atoms with E-state index in [1.54, 1.807) is 0 Å². The second-order valence-corrected chi connectivity index (χ2v) is 3.57. The van der Waals surface area contributed by atoms with E-state index in [9.17, 15) is 29.4 Å². The molecule has 2 N–H and O–H groups in total. The number of aliphatic hydroxyl groups is 2. The van der Waals surface area contributed by atoms with Crippen LogP contribution in [0, 0.1) is 0 Å². The zero-order valence-electron chi connectivity index (χ0n) is 8.84. The summed E-state index contributed by atoms with van der Waals surface area (Å²) in [6, 6.07) is 0. The van der Waals surface area contributed by atoms with E-state index in [1.165, 1.54) is 0 Å². The highest BCUT2D eigenvalue weighted by Crippen LogP contribution is 2.26. The Morgan fingerprint density at radius 3 is 1.17 bits per heavy atom. The van der Waals surface area contributed by atoms with Gasteiger partial charge in [-0.25, -0.2) is 0 Å². The van der Waals surface area contributed by atoms with E-state index in [-0.39, 0.29) is 0 Å². The molecular weight excluding hydrogens is 240 g/mol. The normalized spacial score (nSPS) is 20.2. The molecule has 90 valence electrons. The lowest BCUT2D eigenvalue weighted by Gasteiger charge is -2.14. The van der Waals surface area contributed by atoms with Crippen molar-refractivity contribution in [3.8, 4) is 0 Å². The molecule has 0 unspecified atom stereocenters. The molecule has 2 rings (SSSR count). The van der Waals surface area contributed by atoms with Crippen molar-refractivity contribution < 1.29 is 29.4 Å². The third kappa shape index (κ3) is 1.60. The highest BCUT2D eigenvalue weighted by molar-refractivity contribution is 6.30. The van der Waals surface area contributed by atoms with Gasteiger partial charge in [0.05, 0.1) is 11.1 Å². The summed E-state index contributed by atoms with van der Waals surface area (Å²) in [5, 5.41) is 19.0. The number of carbonyl (C=O) groups is 4. The third-order valence-corrected chi connectivity index (χ3v) is 2.46. The molecule has 0 aliphatic heterocycles. The lowest BCUT2D eigenvalue weighted by molar-refractivity contribution is -0.118. The molecule has 0 amide bonds. The predicted octanol–water partition coefficient (Wildman–Crippen LogP) is 0.0266. The topological polar surface area (TPSA) is 109 Å². The van der Waals surface area contributed by atoms with Crippen LogP contribution in [-0.2, 0) is 19.2 Å². The van der Waals surface area contributed by atoms with Crippen LogP contribution < -0.4 is 0 Å². The van der Waals surface area contributed by atoms with Gasteiger partial charge in [-0.2, -0.15) is 0 Å². The van der Waals surface area contributed by atoms with Crippen LogP contribution in [-0.4, -0.2) is 33.3 Å². The number of carbonyl (C=O) groups excluding carboxylic acids is 4. The standard InChI is InChI=1S/C12H6O6/c13-5-1-3-7(15)11(17)9(5)10-6(14)2-4-8(16)12(10)18/h1-4,17-18H. The van der Waals surface area contributed by atoms with Gasteiger partial charge in [0.2, 0.25) is 11.6 Å². The van der Waals surface area contributed by atoms with E-state index in [0.29, 0.717) is 0 Å². The van der Waals surface area contributed by atoms with Crippen molar-refractivity contribution in [1.82, 2.24) is 0 Å². The average molecular weight is 246 g/mol. The van der Waals surface area contributed by atoms with Crippen LogP contribution >= 0.6 is 0 Å². The summed E-state index contributed by atoms with van der Waals surface area (Å²) in [6.45, 7) is 0. The van der Waals surface area contributed by atoms with Crippen molar-refractivity contribution in [3.63, 3.8) is 0 Å². The van der Waals surface area contributed by atoms with Crippen molar-refractivity contribution in [2.45, 2.75) is 0 Å². The van der Waals surface area contributed by atoms with Crippen LogP contribution in [0.1, 0.15) is 0 Å². The lowest BCUT2D eigenvalue weighted by Crippen LogP contribution is -2.23. The number of allylic oxidation sites excluding steroid dienone is 6. The number of rotatable bonds is 1. The van der Waals surface area contributed by atoms with Gasteiger partial charge in [-0.05, 0) is 24.3 Å². The van der Waals surface area contributed by atoms with E-state index in [1.807, 2.05) is 0 Å². The number of hydrogen-bond donors (Lipinski definition) is 2. The minimum Gasteiger partial charge on any atom is -0.504 e. The molecule has 0 spiro atoms. The van der Waals surface area contributed by atoms with Crippen LogP contribution in [0.4, 0.5) is 0 Å². The first-order valence-electron chi connectivity index (χ1n) is 4.84. The van der Waals surface area contributed by atoms with E-state index in [0.717, 1.165) is 24.3 Å². The van der Waals surface area contributed by atoms with Crippen LogP contribution in [0.5, 0.6) is 0 Å².